The Hall–Kier alpha value is -2.28. The van der Waals surface area contributed by atoms with Gasteiger partial charge in [-0.2, -0.15) is 0 Å². The van der Waals surface area contributed by atoms with Crippen LogP contribution in [0.2, 0.25) is 0 Å². The molecule has 1 aliphatic heterocycles. The Morgan fingerprint density at radius 1 is 1.12 bits per heavy atom. The minimum atomic E-state index is -0.935. The summed E-state index contributed by atoms with van der Waals surface area (Å²) in [6.07, 6.45) is 0.738. The normalized spacial score (nSPS) is 17.0. The molecule has 1 heterocycles. The summed E-state index contributed by atoms with van der Waals surface area (Å²) >= 11 is 0. The van der Waals surface area contributed by atoms with Crippen LogP contribution in [0.25, 0.3) is 0 Å². The monoisotopic (exact) mass is 336 g/mol. The van der Waals surface area contributed by atoms with Crippen LogP contribution in [0.1, 0.15) is 24.9 Å². The van der Waals surface area contributed by atoms with Crippen molar-refractivity contribution < 1.29 is 24.2 Å². The number of rotatable bonds is 5. The Balaban J connectivity index is 2.30. The summed E-state index contributed by atoms with van der Waals surface area (Å²) in [6.45, 7) is 3.83. The second kappa shape index (κ2) is 8.01. The van der Waals surface area contributed by atoms with Gasteiger partial charge in [0, 0.05) is 44.7 Å². The number of carboxylic acids is 1. The summed E-state index contributed by atoms with van der Waals surface area (Å²) in [5.74, 6) is 0.174. The molecule has 1 aliphatic rings. The lowest BCUT2D eigenvalue weighted by atomic mass is 10.0. The van der Waals surface area contributed by atoms with Crippen molar-refractivity contribution in [1.29, 1.82) is 0 Å². The fourth-order valence-electron chi connectivity index (χ4n) is 3.04. The van der Waals surface area contributed by atoms with Gasteiger partial charge in [0.25, 0.3) is 0 Å². The number of benzene rings is 1. The van der Waals surface area contributed by atoms with Gasteiger partial charge in [0.15, 0.2) is 0 Å². The van der Waals surface area contributed by atoms with Crippen LogP contribution in [0, 0.1) is 0 Å². The highest BCUT2D eigenvalue weighted by Crippen LogP contribution is 2.33. The number of nitrogens with zero attached hydrogens (tertiary/aromatic N) is 2. The zero-order chi connectivity index (χ0) is 17.7. The van der Waals surface area contributed by atoms with Crippen LogP contribution in [-0.2, 0) is 9.59 Å². The van der Waals surface area contributed by atoms with Crippen molar-refractivity contribution in [2.24, 2.45) is 0 Å². The van der Waals surface area contributed by atoms with Crippen molar-refractivity contribution in [3.63, 3.8) is 0 Å². The van der Waals surface area contributed by atoms with Crippen molar-refractivity contribution in [2.45, 2.75) is 19.4 Å². The summed E-state index contributed by atoms with van der Waals surface area (Å²) in [4.78, 5) is 27.1. The second-order valence-corrected chi connectivity index (χ2v) is 5.74. The molecule has 1 aromatic rings. The van der Waals surface area contributed by atoms with Crippen LogP contribution in [0.3, 0.4) is 0 Å². The van der Waals surface area contributed by atoms with Crippen LogP contribution in [0.4, 0.5) is 0 Å². The predicted octanol–water partition coefficient (Wildman–Crippen LogP) is 1.38. The Morgan fingerprint density at radius 3 is 2.46 bits per heavy atom. The largest absolute Gasteiger partial charge is 0.497 e. The van der Waals surface area contributed by atoms with Gasteiger partial charge in [0.1, 0.15) is 17.5 Å². The highest BCUT2D eigenvalue weighted by atomic mass is 16.5. The van der Waals surface area contributed by atoms with E-state index >= 15 is 0 Å². The van der Waals surface area contributed by atoms with Gasteiger partial charge in [-0.15, -0.1) is 0 Å². The van der Waals surface area contributed by atoms with Crippen molar-refractivity contribution in [2.75, 3.05) is 40.4 Å². The van der Waals surface area contributed by atoms with E-state index in [1.54, 1.807) is 30.2 Å². The second-order valence-electron chi connectivity index (χ2n) is 5.74. The third-order valence-corrected chi connectivity index (χ3v) is 4.31. The van der Waals surface area contributed by atoms with Gasteiger partial charge >= 0.3 is 5.97 Å². The minimum Gasteiger partial charge on any atom is -0.497 e. The van der Waals surface area contributed by atoms with Gasteiger partial charge in [-0.1, -0.05) is 0 Å². The summed E-state index contributed by atoms with van der Waals surface area (Å²) in [5, 5.41) is 9.78. The van der Waals surface area contributed by atoms with E-state index in [9.17, 15) is 14.7 Å². The van der Waals surface area contributed by atoms with E-state index in [-0.39, 0.29) is 5.91 Å². The van der Waals surface area contributed by atoms with E-state index in [0.29, 0.717) is 43.2 Å². The van der Waals surface area contributed by atoms with E-state index in [1.165, 1.54) is 14.0 Å². The van der Waals surface area contributed by atoms with Crippen LogP contribution >= 0.6 is 0 Å². The van der Waals surface area contributed by atoms with Crippen LogP contribution in [0.5, 0.6) is 11.5 Å². The van der Waals surface area contributed by atoms with E-state index in [4.69, 9.17) is 9.47 Å². The molecule has 1 N–H and O–H groups in total. The smallest absolute Gasteiger partial charge is 0.325 e. The topological polar surface area (TPSA) is 79.3 Å². The van der Waals surface area contributed by atoms with Gasteiger partial charge in [-0.3, -0.25) is 14.5 Å². The van der Waals surface area contributed by atoms with Crippen molar-refractivity contribution in [3.05, 3.63) is 23.8 Å². The fraction of sp³-hybridized carbons (Fsp3) is 0.529. The van der Waals surface area contributed by atoms with Crippen molar-refractivity contribution in [1.82, 2.24) is 9.80 Å². The first-order valence-electron chi connectivity index (χ1n) is 7.92. The SMILES string of the molecule is COc1ccc([C@H](C(=O)O)N2CCCN(C(C)=O)CC2)c(OC)c1. The molecule has 0 spiro atoms. The van der Waals surface area contributed by atoms with E-state index in [0.717, 1.165) is 6.42 Å². The molecule has 2 rings (SSSR count). The summed E-state index contributed by atoms with van der Waals surface area (Å²) in [6, 6.07) is 4.32. The Labute approximate surface area is 141 Å². The van der Waals surface area contributed by atoms with Gasteiger partial charge in [0.2, 0.25) is 5.91 Å². The maximum Gasteiger partial charge on any atom is 0.325 e. The predicted molar refractivity (Wildman–Crippen MR) is 88.4 cm³/mol. The zero-order valence-electron chi connectivity index (χ0n) is 14.3. The molecule has 24 heavy (non-hydrogen) atoms. The third-order valence-electron chi connectivity index (χ3n) is 4.31. The van der Waals surface area contributed by atoms with E-state index in [1.807, 2.05) is 4.90 Å². The molecule has 0 saturated carbocycles. The molecule has 0 aromatic heterocycles. The quantitative estimate of drug-likeness (QED) is 0.875. The standard InChI is InChI=1S/C17H24N2O5/c1-12(20)18-7-4-8-19(10-9-18)16(17(21)22)14-6-5-13(23-2)11-15(14)24-3/h5-6,11,16H,4,7-10H2,1-3H3,(H,21,22)/t16-/m1/s1. The molecule has 1 amide bonds. The number of aliphatic carboxylic acids is 1. The molecule has 0 radical (unpaired) electrons. The van der Waals surface area contributed by atoms with Crippen LogP contribution in [-0.4, -0.2) is 67.2 Å². The number of carbonyl (C=O) groups is 2. The lowest BCUT2D eigenvalue weighted by Gasteiger charge is -2.29. The molecule has 1 aromatic carbocycles. The zero-order valence-corrected chi connectivity index (χ0v) is 14.3. The van der Waals surface area contributed by atoms with Gasteiger partial charge in [0.05, 0.1) is 14.2 Å². The molecule has 0 bridgehead atoms. The highest BCUT2D eigenvalue weighted by Gasteiger charge is 2.31. The first-order valence-corrected chi connectivity index (χ1v) is 7.92. The average molecular weight is 336 g/mol. The first-order chi connectivity index (χ1) is 11.5. The Morgan fingerprint density at radius 2 is 1.88 bits per heavy atom. The Bertz CT molecular complexity index is 605. The lowest BCUT2D eigenvalue weighted by Crippen LogP contribution is -2.38. The maximum absolute atomic E-state index is 11.9. The molecule has 1 saturated heterocycles. The number of methoxy groups -OCH3 is 2. The lowest BCUT2D eigenvalue weighted by molar-refractivity contribution is -0.143. The summed E-state index contributed by atoms with van der Waals surface area (Å²) in [5.41, 5.74) is 0.585. The number of amides is 1. The highest BCUT2D eigenvalue weighted by molar-refractivity contribution is 5.77. The molecule has 1 atom stereocenters. The molecular formula is C17H24N2O5. The Kier molecular flexibility index (Phi) is 6.03. The van der Waals surface area contributed by atoms with Gasteiger partial charge in [-0.25, -0.2) is 0 Å². The number of hydrogen-bond donors (Lipinski definition) is 1. The van der Waals surface area contributed by atoms with Crippen molar-refractivity contribution in [3.8, 4) is 11.5 Å². The fourth-order valence-corrected chi connectivity index (χ4v) is 3.04. The molecule has 1 fully saturated rings. The van der Waals surface area contributed by atoms with Crippen LogP contribution < -0.4 is 9.47 Å². The molecule has 7 heteroatoms. The summed E-state index contributed by atoms with van der Waals surface area (Å²) in [7, 11) is 3.06. The van der Waals surface area contributed by atoms with Crippen LogP contribution in [0.15, 0.2) is 18.2 Å². The number of carbonyl (C=O) groups excluding carboxylic acids is 1. The summed E-state index contributed by atoms with van der Waals surface area (Å²) < 4.78 is 10.5. The minimum absolute atomic E-state index is 0.0192. The molecule has 0 unspecified atom stereocenters. The molecular weight excluding hydrogens is 312 g/mol. The first kappa shape index (κ1) is 18.1. The number of ether oxygens (including phenoxy) is 2. The van der Waals surface area contributed by atoms with E-state index < -0.39 is 12.0 Å². The maximum atomic E-state index is 11.9. The number of hydrogen-bond acceptors (Lipinski definition) is 5. The molecule has 7 nitrogen and oxygen atoms in total. The third kappa shape index (κ3) is 3.97. The van der Waals surface area contributed by atoms with E-state index in [2.05, 4.69) is 0 Å². The molecule has 132 valence electrons. The van der Waals surface area contributed by atoms with Gasteiger partial charge in [-0.05, 0) is 18.6 Å². The number of carboxylic acid groups (broad SMARTS) is 1. The molecule has 0 aliphatic carbocycles. The van der Waals surface area contributed by atoms with Gasteiger partial charge < -0.3 is 19.5 Å². The average Bonchev–Trinajstić information content (AvgIpc) is 2.81. The van der Waals surface area contributed by atoms with Crippen molar-refractivity contribution >= 4 is 11.9 Å².